The number of aromatic nitrogens is 1. The SMILES string of the molecule is O=[N+]([O-])c1ccc(N2CC[NH+](Cc3c[nH]c4ccccc34)CC2)cc1. The second-order valence-electron chi connectivity index (χ2n) is 6.55. The molecule has 0 amide bonds. The van der Waals surface area contributed by atoms with Gasteiger partial charge in [0, 0.05) is 40.5 Å². The lowest BCUT2D eigenvalue weighted by molar-refractivity contribution is -0.914. The number of hydrogen-bond acceptors (Lipinski definition) is 3. The van der Waals surface area contributed by atoms with Crippen LogP contribution in [0.3, 0.4) is 0 Å². The minimum Gasteiger partial charge on any atom is -0.361 e. The first-order valence-electron chi connectivity index (χ1n) is 8.59. The van der Waals surface area contributed by atoms with Crippen LogP contribution >= 0.6 is 0 Å². The Morgan fingerprint density at radius 2 is 1.80 bits per heavy atom. The summed E-state index contributed by atoms with van der Waals surface area (Å²) in [6.45, 7) is 5.09. The van der Waals surface area contributed by atoms with Gasteiger partial charge in [-0.2, -0.15) is 0 Å². The maximum atomic E-state index is 10.8. The van der Waals surface area contributed by atoms with Crippen molar-refractivity contribution in [3.05, 3.63) is 70.4 Å². The number of para-hydroxylation sites is 1. The largest absolute Gasteiger partial charge is 0.361 e. The zero-order valence-corrected chi connectivity index (χ0v) is 13.9. The summed E-state index contributed by atoms with van der Waals surface area (Å²) in [5, 5.41) is 12.1. The third kappa shape index (κ3) is 3.21. The Hall–Kier alpha value is -2.86. The van der Waals surface area contributed by atoms with Crippen molar-refractivity contribution >= 4 is 22.3 Å². The Morgan fingerprint density at radius 3 is 2.52 bits per heavy atom. The number of nitrogens with one attached hydrogen (secondary N) is 2. The Bertz CT molecular complexity index is 880. The fraction of sp³-hybridized carbons (Fsp3) is 0.263. The number of nitro groups is 1. The summed E-state index contributed by atoms with van der Waals surface area (Å²) in [6.07, 6.45) is 2.13. The minimum absolute atomic E-state index is 0.146. The van der Waals surface area contributed by atoms with Gasteiger partial charge >= 0.3 is 0 Å². The summed E-state index contributed by atoms with van der Waals surface area (Å²) in [4.78, 5) is 17.6. The monoisotopic (exact) mass is 337 g/mol. The standard InChI is InChI=1S/C19H20N4O2/c24-23(25)17-7-5-16(6-8-17)22-11-9-21(10-12-22)14-15-13-20-19-4-2-1-3-18(15)19/h1-8,13,20H,9-12,14H2/p+1. The molecule has 1 aliphatic rings. The van der Waals surface area contributed by atoms with Crippen molar-refractivity contribution in [2.45, 2.75) is 6.54 Å². The van der Waals surface area contributed by atoms with E-state index in [1.807, 2.05) is 12.1 Å². The molecule has 0 aliphatic carbocycles. The number of piperazine rings is 1. The van der Waals surface area contributed by atoms with Crippen LogP contribution in [0.5, 0.6) is 0 Å². The third-order valence-corrected chi connectivity index (χ3v) is 5.01. The fourth-order valence-corrected chi connectivity index (χ4v) is 3.59. The molecule has 6 heteroatoms. The number of rotatable bonds is 4. The van der Waals surface area contributed by atoms with Gasteiger partial charge in [-0.15, -0.1) is 0 Å². The quantitative estimate of drug-likeness (QED) is 0.565. The van der Waals surface area contributed by atoms with Crippen LogP contribution in [0, 0.1) is 10.1 Å². The molecule has 0 radical (unpaired) electrons. The zero-order chi connectivity index (χ0) is 17.2. The highest BCUT2D eigenvalue weighted by molar-refractivity contribution is 5.82. The normalized spacial score (nSPS) is 15.6. The van der Waals surface area contributed by atoms with Crippen LogP contribution in [0.2, 0.25) is 0 Å². The average Bonchev–Trinajstić information content (AvgIpc) is 3.06. The molecule has 4 rings (SSSR count). The lowest BCUT2D eigenvalue weighted by Gasteiger charge is -2.33. The summed E-state index contributed by atoms with van der Waals surface area (Å²) < 4.78 is 0. The molecule has 3 aromatic rings. The number of H-pyrrole nitrogens is 1. The van der Waals surface area contributed by atoms with Gasteiger partial charge in [0.1, 0.15) is 6.54 Å². The summed E-state index contributed by atoms with van der Waals surface area (Å²) in [6, 6.07) is 15.3. The predicted octanol–water partition coefficient (Wildman–Crippen LogP) is 1.98. The lowest BCUT2D eigenvalue weighted by Crippen LogP contribution is -3.13. The lowest BCUT2D eigenvalue weighted by atomic mass is 10.1. The maximum Gasteiger partial charge on any atom is 0.269 e. The van der Waals surface area contributed by atoms with E-state index in [-0.39, 0.29) is 10.6 Å². The van der Waals surface area contributed by atoms with Gasteiger partial charge < -0.3 is 14.8 Å². The van der Waals surface area contributed by atoms with Crippen LogP contribution in [0.25, 0.3) is 10.9 Å². The van der Waals surface area contributed by atoms with Gasteiger partial charge in [0.15, 0.2) is 0 Å². The maximum absolute atomic E-state index is 10.8. The Labute approximate surface area is 145 Å². The first-order chi connectivity index (χ1) is 12.2. The molecule has 25 heavy (non-hydrogen) atoms. The molecular weight excluding hydrogens is 316 g/mol. The van der Waals surface area contributed by atoms with E-state index in [4.69, 9.17) is 0 Å². The van der Waals surface area contributed by atoms with E-state index in [9.17, 15) is 10.1 Å². The van der Waals surface area contributed by atoms with Crippen molar-refractivity contribution in [1.29, 1.82) is 0 Å². The first kappa shape index (κ1) is 15.7. The molecule has 1 aliphatic heterocycles. The smallest absolute Gasteiger partial charge is 0.269 e. The van der Waals surface area contributed by atoms with E-state index >= 15 is 0 Å². The van der Waals surface area contributed by atoms with E-state index in [1.54, 1.807) is 17.0 Å². The summed E-state index contributed by atoms with van der Waals surface area (Å²) >= 11 is 0. The number of nitro benzene ring substituents is 1. The topological polar surface area (TPSA) is 66.6 Å². The van der Waals surface area contributed by atoms with Gasteiger partial charge in [0.05, 0.1) is 31.1 Å². The number of fused-ring (bicyclic) bond motifs is 1. The highest BCUT2D eigenvalue weighted by atomic mass is 16.6. The zero-order valence-electron chi connectivity index (χ0n) is 13.9. The molecule has 0 spiro atoms. The Balaban J connectivity index is 1.39. The molecule has 2 N–H and O–H groups in total. The van der Waals surface area contributed by atoms with E-state index in [1.165, 1.54) is 16.5 Å². The van der Waals surface area contributed by atoms with E-state index in [0.717, 1.165) is 38.4 Å². The Morgan fingerprint density at radius 1 is 1.08 bits per heavy atom. The van der Waals surface area contributed by atoms with Crippen molar-refractivity contribution < 1.29 is 9.82 Å². The van der Waals surface area contributed by atoms with Crippen molar-refractivity contribution in [3.63, 3.8) is 0 Å². The van der Waals surface area contributed by atoms with E-state index in [2.05, 4.69) is 40.3 Å². The summed E-state index contributed by atoms with van der Waals surface area (Å²) in [5.74, 6) is 0. The molecule has 2 heterocycles. The van der Waals surface area contributed by atoms with Crippen LogP contribution in [0.15, 0.2) is 54.7 Å². The summed E-state index contributed by atoms with van der Waals surface area (Å²) in [5.41, 5.74) is 3.78. The molecule has 1 fully saturated rings. The molecule has 0 saturated carbocycles. The second kappa shape index (κ2) is 6.57. The highest BCUT2D eigenvalue weighted by Crippen LogP contribution is 2.20. The summed E-state index contributed by atoms with van der Waals surface area (Å²) in [7, 11) is 0. The molecule has 2 aromatic carbocycles. The number of quaternary nitrogens is 1. The van der Waals surface area contributed by atoms with E-state index < -0.39 is 0 Å². The second-order valence-corrected chi connectivity index (χ2v) is 6.55. The molecule has 6 nitrogen and oxygen atoms in total. The Kier molecular flexibility index (Phi) is 4.11. The van der Waals surface area contributed by atoms with Crippen molar-refractivity contribution in [1.82, 2.24) is 4.98 Å². The van der Waals surface area contributed by atoms with Gasteiger partial charge in [-0.1, -0.05) is 18.2 Å². The van der Waals surface area contributed by atoms with Gasteiger partial charge in [0.2, 0.25) is 0 Å². The average molecular weight is 337 g/mol. The van der Waals surface area contributed by atoms with Gasteiger partial charge in [-0.25, -0.2) is 0 Å². The molecule has 1 saturated heterocycles. The molecule has 128 valence electrons. The van der Waals surface area contributed by atoms with E-state index in [0.29, 0.717) is 0 Å². The van der Waals surface area contributed by atoms with Crippen molar-refractivity contribution in [2.75, 3.05) is 31.1 Å². The minimum atomic E-state index is -0.354. The van der Waals surface area contributed by atoms with Crippen LogP contribution < -0.4 is 9.80 Å². The first-order valence-corrected chi connectivity index (χ1v) is 8.59. The van der Waals surface area contributed by atoms with Crippen molar-refractivity contribution in [3.8, 4) is 0 Å². The molecule has 0 bridgehead atoms. The molecule has 1 aromatic heterocycles. The third-order valence-electron chi connectivity index (χ3n) is 5.01. The number of non-ortho nitro benzene ring substituents is 1. The number of benzene rings is 2. The number of anilines is 1. The number of hydrogen-bond donors (Lipinski definition) is 2. The fourth-order valence-electron chi connectivity index (χ4n) is 3.59. The van der Waals surface area contributed by atoms with Crippen molar-refractivity contribution in [2.24, 2.45) is 0 Å². The van der Waals surface area contributed by atoms with Gasteiger partial charge in [0.25, 0.3) is 5.69 Å². The molecule has 0 unspecified atom stereocenters. The highest BCUT2D eigenvalue weighted by Gasteiger charge is 2.21. The molecule has 0 atom stereocenters. The van der Waals surface area contributed by atoms with Crippen LogP contribution in [-0.4, -0.2) is 36.1 Å². The van der Waals surface area contributed by atoms with Crippen LogP contribution in [0.4, 0.5) is 11.4 Å². The van der Waals surface area contributed by atoms with Gasteiger partial charge in [-0.3, -0.25) is 10.1 Å². The predicted molar refractivity (Wildman–Crippen MR) is 98.0 cm³/mol. The van der Waals surface area contributed by atoms with Crippen LogP contribution in [0.1, 0.15) is 5.56 Å². The van der Waals surface area contributed by atoms with Gasteiger partial charge in [-0.05, 0) is 18.2 Å². The molecular formula is C19H21N4O2+. The number of aromatic amines is 1. The number of nitrogens with zero attached hydrogens (tertiary/aromatic N) is 2. The van der Waals surface area contributed by atoms with Crippen LogP contribution in [-0.2, 0) is 6.54 Å².